The zero-order valence-electron chi connectivity index (χ0n) is 19.5. The lowest BCUT2D eigenvalue weighted by molar-refractivity contribution is -0.137. The Labute approximate surface area is 207 Å². The molecule has 0 aromatic carbocycles. The molecule has 0 bridgehead atoms. The number of hydrogen-bond acceptors (Lipinski definition) is 10. The van der Waals surface area contributed by atoms with Gasteiger partial charge in [0.05, 0.1) is 35.3 Å². The van der Waals surface area contributed by atoms with Crippen LogP contribution in [0.4, 0.5) is 13.2 Å². The third-order valence-electron chi connectivity index (χ3n) is 5.25. The molecule has 0 unspecified atom stereocenters. The number of alkyl halides is 3. The molecule has 5 heterocycles. The normalized spacial score (nSPS) is 11.8. The second-order valence-electron chi connectivity index (χ2n) is 8.18. The van der Waals surface area contributed by atoms with Crippen molar-refractivity contribution in [2.24, 2.45) is 0 Å². The quantitative estimate of drug-likeness (QED) is 0.303. The number of tetrazole rings is 1. The lowest BCUT2D eigenvalue weighted by Crippen LogP contribution is -2.11. The van der Waals surface area contributed by atoms with Crippen LogP contribution in [0, 0.1) is 0 Å². The highest BCUT2D eigenvalue weighted by molar-refractivity contribution is 5.61. The lowest BCUT2D eigenvalue weighted by atomic mass is 10.2. The van der Waals surface area contributed by atoms with Gasteiger partial charge in [-0.3, -0.25) is 9.67 Å². The number of aromatic nitrogens is 10. The maximum Gasteiger partial charge on any atom is 0.417 e. The lowest BCUT2D eigenvalue weighted by Gasteiger charge is -2.13. The molecule has 0 radical (unpaired) electrons. The summed E-state index contributed by atoms with van der Waals surface area (Å²) in [6, 6.07) is 5.59. The van der Waals surface area contributed by atoms with Crippen LogP contribution in [0.15, 0.2) is 53.7 Å². The van der Waals surface area contributed by atoms with Crippen LogP contribution in [0.2, 0.25) is 0 Å². The summed E-state index contributed by atoms with van der Waals surface area (Å²) in [5, 5.41) is 19.5. The molecule has 5 aromatic rings. The summed E-state index contributed by atoms with van der Waals surface area (Å²) in [4.78, 5) is 12.6. The van der Waals surface area contributed by atoms with Crippen LogP contribution in [-0.2, 0) is 19.3 Å². The molecule has 5 aromatic heterocycles. The molecule has 0 fully saturated rings. The first kappa shape index (κ1) is 24.0. The van der Waals surface area contributed by atoms with Crippen molar-refractivity contribution in [2.45, 2.75) is 39.2 Å². The van der Waals surface area contributed by atoms with E-state index < -0.39 is 11.7 Å². The summed E-state index contributed by atoms with van der Waals surface area (Å²) in [7, 11) is 0. The van der Waals surface area contributed by atoms with Gasteiger partial charge in [-0.2, -0.15) is 23.3 Å². The fourth-order valence-corrected chi connectivity index (χ4v) is 3.50. The molecule has 0 atom stereocenters. The minimum atomic E-state index is -4.48. The number of hydrogen-bond donors (Lipinski definition) is 0. The minimum absolute atomic E-state index is 0.0328. The molecule has 0 aliphatic rings. The van der Waals surface area contributed by atoms with E-state index in [0.717, 1.165) is 12.3 Å². The number of halogens is 3. The van der Waals surface area contributed by atoms with Crippen molar-refractivity contribution in [1.29, 1.82) is 0 Å². The molecule has 190 valence electrons. The molecule has 0 aliphatic carbocycles. The van der Waals surface area contributed by atoms with Crippen molar-refractivity contribution in [3.63, 3.8) is 0 Å². The van der Waals surface area contributed by atoms with E-state index in [0.29, 0.717) is 34.9 Å². The van der Waals surface area contributed by atoms with Crippen molar-refractivity contribution in [3.05, 3.63) is 66.1 Å². The van der Waals surface area contributed by atoms with Gasteiger partial charge >= 0.3 is 6.18 Å². The van der Waals surface area contributed by atoms with Gasteiger partial charge in [-0.25, -0.2) is 9.67 Å². The van der Waals surface area contributed by atoms with Crippen LogP contribution in [0.1, 0.15) is 36.8 Å². The van der Waals surface area contributed by atoms with Crippen LogP contribution >= 0.6 is 0 Å². The molecule has 15 heteroatoms. The molecule has 12 nitrogen and oxygen atoms in total. The Hall–Kier alpha value is -4.69. The van der Waals surface area contributed by atoms with Gasteiger partial charge in [0.15, 0.2) is 0 Å². The Kier molecular flexibility index (Phi) is 6.33. The van der Waals surface area contributed by atoms with E-state index in [1.54, 1.807) is 29.2 Å². The molecule has 0 amide bonds. The third-order valence-corrected chi connectivity index (χ3v) is 5.25. The summed E-state index contributed by atoms with van der Waals surface area (Å²) in [5.74, 6) is 0.581. The summed E-state index contributed by atoms with van der Waals surface area (Å²) >= 11 is 0. The summed E-state index contributed by atoms with van der Waals surface area (Å²) < 4.78 is 52.9. The van der Waals surface area contributed by atoms with Gasteiger partial charge in [0.1, 0.15) is 12.9 Å². The van der Waals surface area contributed by atoms with E-state index in [-0.39, 0.29) is 24.4 Å². The first-order valence-corrected chi connectivity index (χ1v) is 11.0. The van der Waals surface area contributed by atoms with Crippen molar-refractivity contribution in [1.82, 2.24) is 50.1 Å². The molecule has 5 rings (SSSR count). The van der Waals surface area contributed by atoms with Crippen LogP contribution in [-0.4, -0.2) is 50.1 Å². The second kappa shape index (κ2) is 9.75. The van der Waals surface area contributed by atoms with Gasteiger partial charge in [0, 0.05) is 30.1 Å². The molecule has 0 saturated carbocycles. The van der Waals surface area contributed by atoms with Gasteiger partial charge < -0.3 is 9.26 Å². The largest absolute Gasteiger partial charge is 0.471 e. The van der Waals surface area contributed by atoms with E-state index in [4.69, 9.17) is 9.26 Å². The van der Waals surface area contributed by atoms with E-state index in [9.17, 15) is 13.2 Å². The maximum atomic E-state index is 12.8. The number of nitrogens with zero attached hydrogens (tertiary/aromatic N) is 10. The standard InChI is InChI=1S/C22H19F3N10O2/c1-13(2)35-18(11-36-19-4-3-15(8-27-19)22(23,24)25)17(9-29-35)21-30-20(31-37-21)14-5-6-26-16(7-14)10-34-12-28-32-33-34/h3-9,12-13H,10-11H2,1-2H3. The van der Waals surface area contributed by atoms with Gasteiger partial charge in [-0.15, -0.1) is 5.10 Å². The van der Waals surface area contributed by atoms with E-state index >= 15 is 0 Å². The first-order chi connectivity index (χ1) is 17.8. The highest BCUT2D eigenvalue weighted by atomic mass is 19.4. The molecular formula is C22H19F3N10O2. The molecule has 0 N–H and O–H groups in total. The van der Waals surface area contributed by atoms with E-state index in [1.807, 2.05) is 13.8 Å². The van der Waals surface area contributed by atoms with Crippen LogP contribution < -0.4 is 4.74 Å². The van der Waals surface area contributed by atoms with Crippen LogP contribution in [0.5, 0.6) is 5.88 Å². The smallest absolute Gasteiger partial charge is 0.417 e. The monoisotopic (exact) mass is 512 g/mol. The maximum absolute atomic E-state index is 12.8. The Morgan fingerprint density at radius 3 is 2.68 bits per heavy atom. The van der Waals surface area contributed by atoms with E-state index in [1.165, 1.54) is 17.1 Å². The summed E-state index contributed by atoms with van der Waals surface area (Å²) in [6.07, 6.45) is 0.928. The van der Waals surface area contributed by atoms with E-state index in [2.05, 4.69) is 40.7 Å². The predicted molar refractivity (Wildman–Crippen MR) is 120 cm³/mol. The van der Waals surface area contributed by atoms with Crippen LogP contribution in [0.25, 0.3) is 22.8 Å². The average molecular weight is 512 g/mol. The van der Waals surface area contributed by atoms with Gasteiger partial charge in [0.2, 0.25) is 11.7 Å². The molecule has 0 aliphatic heterocycles. The number of pyridine rings is 2. The molecular weight excluding hydrogens is 493 g/mol. The topological polar surface area (TPSA) is 135 Å². The van der Waals surface area contributed by atoms with Gasteiger partial charge in [-0.1, -0.05) is 5.16 Å². The van der Waals surface area contributed by atoms with Gasteiger partial charge in [0.25, 0.3) is 5.89 Å². The highest BCUT2D eigenvalue weighted by Gasteiger charge is 2.30. The zero-order chi connectivity index (χ0) is 26.0. The van der Waals surface area contributed by atoms with Crippen LogP contribution in [0.3, 0.4) is 0 Å². The SMILES string of the molecule is CC(C)n1ncc(-c2nc(-c3ccnc(Cn4cnnn4)c3)no2)c1COc1ccc(C(F)(F)F)cn1. The molecule has 37 heavy (non-hydrogen) atoms. The Morgan fingerprint density at radius 2 is 1.97 bits per heavy atom. The zero-order valence-corrected chi connectivity index (χ0v) is 19.5. The van der Waals surface area contributed by atoms with Crippen molar-refractivity contribution >= 4 is 0 Å². The average Bonchev–Trinajstić information content (AvgIpc) is 3.63. The Morgan fingerprint density at radius 1 is 1.11 bits per heavy atom. The summed E-state index contributed by atoms with van der Waals surface area (Å²) in [6.45, 7) is 4.19. The summed E-state index contributed by atoms with van der Waals surface area (Å²) in [5.41, 5.74) is 1.64. The highest BCUT2D eigenvalue weighted by Crippen LogP contribution is 2.30. The van der Waals surface area contributed by atoms with Crippen molar-refractivity contribution < 1.29 is 22.4 Å². The number of ether oxygens (including phenoxy) is 1. The minimum Gasteiger partial charge on any atom is -0.471 e. The Bertz CT molecular complexity index is 1480. The molecule has 0 saturated heterocycles. The van der Waals surface area contributed by atoms with Crippen molar-refractivity contribution in [3.8, 4) is 28.7 Å². The number of rotatable bonds is 8. The molecule has 0 spiro atoms. The fourth-order valence-electron chi connectivity index (χ4n) is 3.50. The van der Waals surface area contributed by atoms with Crippen molar-refractivity contribution in [2.75, 3.05) is 0 Å². The second-order valence-corrected chi connectivity index (χ2v) is 8.18. The third kappa shape index (κ3) is 5.29. The predicted octanol–water partition coefficient (Wildman–Crippen LogP) is 3.60. The first-order valence-electron chi connectivity index (χ1n) is 11.0. The Balaban J connectivity index is 1.38. The fraction of sp³-hybridized carbons (Fsp3) is 0.273. The van der Waals surface area contributed by atoms with Gasteiger partial charge in [-0.05, 0) is 42.5 Å².